The molecule has 6 heteroatoms. The van der Waals surface area contributed by atoms with Crippen LogP contribution in [-0.2, 0) is 0 Å². The molecule has 0 fully saturated rings. The van der Waals surface area contributed by atoms with Crippen LogP contribution in [0.4, 0.5) is 0 Å². The van der Waals surface area contributed by atoms with Crippen LogP contribution in [0, 0.1) is 0 Å². The summed E-state index contributed by atoms with van der Waals surface area (Å²) in [4.78, 5) is 30.8. The summed E-state index contributed by atoms with van der Waals surface area (Å²) < 4.78 is 4.89. The van der Waals surface area contributed by atoms with E-state index in [4.69, 9.17) is 4.42 Å². The van der Waals surface area contributed by atoms with Crippen LogP contribution in [0.15, 0.2) is 44.5 Å². The molecule has 3 aromatic rings. The quantitative estimate of drug-likeness (QED) is 0.647. The zero-order valence-electron chi connectivity index (χ0n) is 8.56. The predicted octanol–water partition coefficient (Wildman–Crippen LogP) is 0.871. The van der Waals surface area contributed by atoms with Crippen LogP contribution in [0.2, 0.25) is 0 Å². The van der Waals surface area contributed by atoms with Crippen molar-refractivity contribution in [3.63, 3.8) is 0 Å². The van der Waals surface area contributed by atoms with Gasteiger partial charge in [0, 0.05) is 11.8 Å². The molecule has 84 valence electrons. The lowest BCUT2D eigenvalue weighted by Gasteiger charge is -1.99. The van der Waals surface area contributed by atoms with Gasteiger partial charge in [-0.3, -0.25) is 4.98 Å². The van der Waals surface area contributed by atoms with Crippen molar-refractivity contribution in [2.45, 2.75) is 0 Å². The second-order valence-electron chi connectivity index (χ2n) is 3.51. The van der Waals surface area contributed by atoms with E-state index in [1.54, 1.807) is 24.3 Å². The molecule has 6 nitrogen and oxygen atoms in total. The third-order valence-corrected chi connectivity index (χ3v) is 2.40. The molecule has 3 rings (SSSR count). The maximum atomic E-state index is 11.1. The number of H-pyrrole nitrogens is 2. The van der Waals surface area contributed by atoms with Crippen molar-refractivity contribution in [1.29, 1.82) is 0 Å². The summed E-state index contributed by atoms with van der Waals surface area (Å²) >= 11 is 0. The highest BCUT2D eigenvalue weighted by Gasteiger charge is 2.04. The molecule has 0 aliphatic rings. The molecule has 0 aliphatic heterocycles. The lowest BCUT2D eigenvalue weighted by Crippen LogP contribution is -2.09. The topological polar surface area (TPSA) is 91.8 Å². The van der Waals surface area contributed by atoms with Crippen LogP contribution in [0.5, 0.6) is 0 Å². The molecule has 0 bridgehead atoms. The Kier molecular flexibility index (Phi) is 1.94. The second kappa shape index (κ2) is 3.44. The number of rotatable bonds is 1. The first-order valence-electron chi connectivity index (χ1n) is 4.91. The fourth-order valence-electron chi connectivity index (χ4n) is 1.66. The first-order chi connectivity index (χ1) is 8.22. The molecule has 17 heavy (non-hydrogen) atoms. The van der Waals surface area contributed by atoms with Crippen LogP contribution in [0.3, 0.4) is 0 Å². The fourth-order valence-corrected chi connectivity index (χ4v) is 1.66. The van der Waals surface area contributed by atoms with Crippen molar-refractivity contribution < 1.29 is 4.42 Å². The van der Waals surface area contributed by atoms with Crippen molar-refractivity contribution in [2.75, 3.05) is 0 Å². The van der Waals surface area contributed by atoms with Gasteiger partial charge in [-0.15, -0.1) is 0 Å². The molecule has 0 unspecified atom stereocenters. The Bertz CT molecular complexity index is 797. The number of hydrogen-bond donors (Lipinski definition) is 2. The van der Waals surface area contributed by atoms with E-state index in [0.29, 0.717) is 16.8 Å². The van der Waals surface area contributed by atoms with Gasteiger partial charge in [0.2, 0.25) is 0 Å². The number of hydrogen-bond acceptors (Lipinski definition) is 4. The maximum absolute atomic E-state index is 11.1. The first-order valence-corrected chi connectivity index (χ1v) is 4.91. The van der Waals surface area contributed by atoms with Gasteiger partial charge >= 0.3 is 11.4 Å². The second-order valence-corrected chi connectivity index (χ2v) is 3.51. The Labute approximate surface area is 93.9 Å². The lowest BCUT2D eigenvalue weighted by atomic mass is 10.1. The molecule has 0 amide bonds. The largest absolute Gasteiger partial charge is 0.417 e. The Balaban J connectivity index is 2.24. The van der Waals surface area contributed by atoms with E-state index < -0.39 is 11.4 Å². The molecule has 0 saturated carbocycles. The van der Waals surface area contributed by atoms with Gasteiger partial charge < -0.3 is 9.40 Å². The van der Waals surface area contributed by atoms with Crippen molar-refractivity contribution in [1.82, 2.24) is 15.0 Å². The number of benzene rings is 1. The average molecular weight is 229 g/mol. The minimum Gasteiger partial charge on any atom is -0.408 e. The smallest absolute Gasteiger partial charge is 0.408 e. The normalized spacial score (nSPS) is 10.8. The number of aromatic nitrogens is 3. The summed E-state index contributed by atoms with van der Waals surface area (Å²) in [5.74, 6) is -0.500. The van der Waals surface area contributed by atoms with Gasteiger partial charge in [0.15, 0.2) is 5.58 Å². The van der Waals surface area contributed by atoms with E-state index in [9.17, 15) is 9.59 Å². The summed E-state index contributed by atoms with van der Waals surface area (Å²) in [7, 11) is 0. The van der Waals surface area contributed by atoms with Gasteiger partial charge in [-0.1, -0.05) is 0 Å². The number of nitrogens with one attached hydrogen (secondary N) is 2. The van der Waals surface area contributed by atoms with Gasteiger partial charge in [-0.2, -0.15) is 0 Å². The van der Waals surface area contributed by atoms with Gasteiger partial charge in [-0.25, -0.2) is 14.6 Å². The van der Waals surface area contributed by atoms with Crippen LogP contribution in [-0.4, -0.2) is 15.0 Å². The van der Waals surface area contributed by atoms with E-state index in [-0.39, 0.29) is 0 Å². The number of nitrogens with zero attached hydrogens (tertiary/aromatic N) is 1. The third-order valence-electron chi connectivity index (χ3n) is 2.40. The molecule has 0 spiro atoms. The van der Waals surface area contributed by atoms with E-state index in [1.165, 1.54) is 6.20 Å². The Morgan fingerprint density at radius 3 is 2.82 bits per heavy atom. The minimum absolute atomic E-state index is 0.414. The number of aromatic amines is 2. The van der Waals surface area contributed by atoms with E-state index >= 15 is 0 Å². The molecule has 1 aromatic carbocycles. The van der Waals surface area contributed by atoms with Crippen LogP contribution >= 0.6 is 0 Å². The lowest BCUT2D eigenvalue weighted by molar-refractivity contribution is 0.555. The highest BCUT2D eigenvalue weighted by Crippen LogP contribution is 2.19. The summed E-state index contributed by atoms with van der Waals surface area (Å²) in [5, 5.41) is 0. The number of fused-ring (bicyclic) bond motifs is 1. The minimum atomic E-state index is -0.500. The van der Waals surface area contributed by atoms with Crippen molar-refractivity contribution in [2.24, 2.45) is 0 Å². The van der Waals surface area contributed by atoms with Crippen LogP contribution < -0.4 is 11.4 Å². The molecule has 2 heterocycles. The molecule has 0 aliphatic carbocycles. The third kappa shape index (κ3) is 1.65. The molecule has 2 N–H and O–H groups in total. The Hall–Kier alpha value is -2.63. The van der Waals surface area contributed by atoms with Gasteiger partial charge in [0.1, 0.15) is 0 Å². The van der Waals surface area contributed by atoms with Crippen molar-refractivity contribution in [3.8, 4) is 11.3 Å². The Morgan fingerprint density at radius 1 is 1.12 bits per heavy atom. The summed E-state index contributed by atoms with van der Waals surface area (Å²) in [6.07, 6.45) is 1.43. The molecule has 0 radical (unpaired) electrons. The molecular weight excluding hydrogens is 222 g/mol. The zero-order chi connectivity index (χ0) is 11.8. The highest BCUT2D eigenvalue weighted by atomic mass is 16.4. The summed E-state index contributed by atoms with van der Waals surface area (Å²) in [6.45, 7) is 0. The standard InChI is InChI=1S/C11H7N3O3/c15-10-12-4-3-7(13-10)6-1-2-9-8(5-6)14-11(16)17-9/h1-5H,(H,14,16)(H,12,13,15). The summed E-state index contributed by atoms with van der Waals surface area (Å²) in [5.41, 5.74) is 2.06. The molecular formula is C11H7N3O3. The van der Waals surface area contributed by atoms with Gasteiger partial charge in [0.05, 0.1) is 11.2 Å². The van der Waals surface area contributed by atoms with E-state index in [0.717, 1.165) is 5.56 Å². The first kappa shape index (κ1) is 9.59. The number of oxazole rings is 1. The fraction of sp³-hybridized carbons (Fsp3) is 0. The zero-order valence-corrected chi connectivity index (χ0v) is 8.56. The monoisotopic (exact) mass is 229 g/mol. The SMILES string of the molecule is O=c1nccc(-c2ccc3oc(=O)[nH]c3c2)[nH]1. The van der Waals surface area contributed by atoms with Crippen molar-refractivity contribution >= 4 is 11.1 Å². The van der Waals surface area contributed by atoms with Crippen molar-refractivity contribution in [3.05, 3.63) is 51.5 Å². The molecule has 2 aromatic heterocycles. The average Bonchev–Trinajstić information content (AvgIpc) is 2.68. The molecule has 0 saturated heterocycles. The van der Waals surface area contributed by atoms with Crippen LogP contribution in [0.25, 0.3) is 22.4 Å². The van der Waals surface area contributed by atoms with E-state index in [1.807, 2.05) is 0 Å². The Morgan fingerprint density at radius 2 is 2.00 bits per heavy atom. The predicted molar refractivity (Wildman–Crippen MR) is 60.7 cm³/mol. The van der Waals surface area contributed by atoms with Gasteiger partial charge in [0.25, 0.3) is 0 Å². The highest BCUT2D eigenvalue weighted by molar-refractivity contribution is 5.78. The van der Waals surface area contributed by atoms with Gasteiger partial charge in [-0.05, 0) is 24.3 Å². The van der Waals surface area contributed by atoms with E-state index in [2.05, 4.69) is 15.0 Å². The molecule has 0 atom stereocenters. The maximum Gasteiger partial charge on any atom is 0.417 e. The van der Waals surface area contributed by atoms with Crippen LogP contribution in [0.1, 0.15) is 0 Å². The summed E-state index contributed by atoms with van der Waals surface area (Å²) in [6, 6.07) is 6.83.